The molecule has 0 amide bonds. The second-order valence-electron chi connectivity index (χ2n) is 2.76. The predicted molar refractivity (Wildman–Crippen MR) is 53.7 cm³/mol. The van der Waals surface area contributed by atoms with Crippen LogP contribution in [0.25, 0.3) is 0 Å². The summed E-state index contributed by atoms with van der Waals surface area (Å²) in [4.78, 5) is 11.3. The highest BCUT2D eigenvalue weighted by Gasteiger charge is 2.16. The van der Waals surface area contributed by atoms with Gasteiger partial charge in [0.25, 0.3) is 0 Å². The summed E-state index contributed by atoms with van der Waals surface area (Å²) in [5, 5.41) is 18.1. The Bertz CT molecular complexity index is 437. The van der Waals surface area contributed by atoms with Crippen molar-refractivity contribution in [2.45, 2.75) is 5.88 Å². The molecule has 0 aliphatic carbocycles. The van der Waals surface area contributed by atoms with Gasteiger partial charge in [-0.05, 0) is 17.7 Å². The fourth-order valence-corrected chi connectivity index (χ4v) is 1.48. The van der Waals surface area contributed by atoms with E-state index >= 15 is 0 Å². The zero-order valence-corrected chi connectivity index (χ0v) is 8.71. The van der Waals surface area contributed by atoms with Crippen molar-refractivity contribution in [3.8, 4) is 11.8 Å². The van der Waals surface area contributed by atoms with Crippen LogP contribution in [0.15, 0.2) is 12.1 Å². The van der Waals surface area contributed by atoms with Crippen LogP contribution >= 0.6 is 11.6 Å². The Morgan fingerprint density at radius 2 is 2.33 bits per heavy atom. The van der Waals surface area contributed by atoms with Gasteiger partial charge in [0, 0.05) is 5.88 Å². The molecule has 0 fully saturated rings. The van der Waals surface area contributed by atoms with E-state index in [1.165, 1.54) is 19.2 Å². The molecule has 0 unspecified atom stereocenters. The van der Waals surface area contributed by atoms with E-state index in [0.717, 1.165) is 0 Å². The number of nitrogens with zero attached hydrogens (tertiary/aromatic N) is 1. The molecule has 78 valence electrons. The monoisotopic (exact) mass is 225 g/mol. The van der Waals surface area contributed by atoms with Crippen LogP contribution in [0.3, 0.4) is 0 Å². The van der Waals surface area contributed by atoms with Crippen molar-refractivity contribution >= 4 is 17.6 Å². The van der Waals surface area contributed by atoms with Gasteiger partial charge < -0.3 is 9.84 Å². The van der Waals surface area contributed by atoms with E-state index in [1.807, 2.05) is 6.07 Å². The normalized spacial score (nSPS) is 9.40. The first-order valence-corrected chi connectivity index (χ1v) is 4.57. The molecule has 0 aromatic heterocycles. The number of carbonyl (C=O) groups excluding carboxylic acids is 1. The number of nitriles is 1. The number of rotatable bonds is 2. The maximum absolute atomic E-state index is 11.3. The number of benzene rings is 1. The largest absolute Gasteiger partial charge is 0.508 e. The molecule has 15 heavy (non-hydrogen) atoms. The van der Waals surface area contributed by atoms with E-state index in [2.05, 4.69) is 4.74 Å². The number of phenolic OH excluding ortho intramolecular Hbond substituents is 1. The molecule has 5 heteroatoms. The van der Waals surface area contributed by atoms with E-state index in [4.69, 9.17) is 16.9 Å². The third kappa shape index (κ3) is 2.20. The van der Waals surface area contributed by atoms with Crippen LogP contribution in [-0.4, -0.2) is 18.2 Å². The molecule has 0 bridgehead atoms. The number of esters is 1. The molecule has 0 spiro atoms. The minimum absolute atomic E-state index is 0.00755. The number of phenols is 1. The third-order valence-corrected chi connectivity index (χ3v) is 2.16. The number of hydrogen-bond donors (Lipinski definition) is 1. The second-order valence-corrected chi connectivity index (χ2v) is 3.02. The Labute approximate surface area is 91.7 Å². The molecule has 1 rings (SSSR count). The Kier molecular flexibility index (Phi) is 3.53. The minimum atomic E-state index is -0.627. The van der Waals surface area contributed by atoms with Crippen LogP contribution in [0.5, 0.6) is 5.75 Å². The van der Waals surface area contributed by atoms with E-state index < -0.39 is 5.97 Å². The summed E-state index contributed by atoms with van der Waals surface area (Å²) < 4.78 is 4.52. The lowest BCUT2D eigenvalue weighted by atomic mass is 10.0. The number of aromatic hydroxyl groups is 1. The Morgan fingerprint density at radius 3 is 2.80 bits per heavy atom. The average molecular weight is 226 g/mol. The van der Waals surface area contributed by atoms with Gasteiger partial charge in [0.1, 0.15) is 5.75 Å². The van der Waals surface area contributed by atoms with Crippen LogP contribution in [0.2, 0.25) is 0 Å². The van der Waals surface area contributed by atoms with Gasteiger partial charge >= 0.3 is 5.97 Å². The van der Waals surface area contributed by atoms with Crippen molar-refractivity contribution < 1.29 is 14.6 Å². The number of hydrogen-bond acceptors (Lipinski definition) is 4. The van der Waals surface area contributed by atoms with E-state index in [-0.39, 0.29) is 22.8 Å². The van der Waals surface area contributed by atoms with Crippen molar-refractivity contribution in [3.05, 3.63) is 28.8 Å². The fourth-order valence-electron chi connectivity index (χ4n) is 1.19. The fraction of sp³-hybridized carbons (Fsp3) is 0.200. The molecule has 0 aliphatic heterocycles. The van der Waals surface area contributed by atoms with Gasteiger partial charge in [-0.2, -0.15) is 5.26 Å². The zero-order valence-electron chi connectivity index (χ0n) is 7.95. The Hall–Kier alpha value is -1.73. The first-order valence-electron chi connectivity index (χ1n) is 4.04. The Morgan fingerprint density at radius 1 is 1.67 bits per heavy atom. The molecule has 0 saturated heterocycles. The van der Waals surface area contributed by atoms with E-state index in [9.17, 15) is 9.90 Å². The molecule has 1 N–H and O–H groups in total. The maximum Gasteiger partial charge on any atom is 0.338 e. The lowest BCUT2D eigenvalue weighted by molar-refractivity contribution is 0.0599. The van der Waals surface area contributed by atoms with Crippen LogP contribution in [0.1, 0.15) is 21.5 Å². The molecule has 1 aromatic carbocycles. The van der Waals surface area contributed by atoms with Crippen molar-refractivity contribution in [1.29, 1.82) is 5.26 Å². The highest BCUT2D eigenvalue weighted by atomic mass is 35.5. The summed E-state index contributed by atoms with van der Waals surface area (Å²) in [7, 11) is 1.22. The summed E-state index contributed by atoms with van der Waals surface area (Å²) in [6, 6.07) is 4.34. The van der Waals surface area contributed by atoms with Gasteiger partial charge in [0.15, 0.2) is 0 Å². The SMILES string of the molecule is COC(=O)c1cc(O)cc(C#N)c1CCl. The molecular formula is C10H8ClNO3. The predicted octanol–water partition coefficient (Wildman–Crippen LogP) is 1.79. The molecule has 0 aliphatic rings. The quantitative estimate of drug-likeness (QED) is 0.615. The van der Waals surface area contributed by atoms with Crippen molar-refractivity contribution in [3.63, 3.8) is 0 Å². The summed E-state index contributed by atoms with van der Waals surface area (Å²) in [6.07, 6.45) is 0. The van der Waals surface area contributed by atoms with Gasteiger partial charge in [0.05, 0.1) is 24.3 Å². The summed E-state index contributed by atoms with van der Waals surface area (Å²) in [5.74, 6) is -0.785. The average Bonchev–Trinajstić information content (AvgIpc) is 2.26. The number of carbonyl (C=O) groups is 1. The molecule has 0 atom stereocenters. The van der Waals surface area contributed by atoms with Gasteiger partial charge in [-0.1, -0.05) is 0 Å². The number of methoxy groups -OCH3 is 1. The Balaban J connectivity index is 3.43. The van der Waals surface area contributed by atoms with Crippen molar-refractivity contribution in [2.24, 2.45) is 0 Å². The molecule has 0 heterocycles. The summed E-state index contributed by atoms with van der Waals surface area (Å²) in [5.41, 5.74) is 0.651. The molecule has 0 radical (unpaired) electrons. The topological polar surface area (TPSA) is 70.3 Å². The third-order valence-electron chi connectivity index (χ3n) is 1.89. The van der Waals surface area contributed by atoms with Crippen LogP contribution in [0.4, 0.5) is 0 Å². The van der Waals surface area contributed by atoms with Crippen LogP contribution in [-0.2, 0) is 10.6 Å². The second kappa shape index (κ2) is 4.67. The standard InChI is InChI=1S/C10H8ClNO3/c1-15-10(14)8-3-7(13)2-6(5-12)9(8)4-11/h2-3,13H,4H2,1H3. The molecule has 4 nitrogen and oxygen atoms in total. The number of alkyl halides is 1. The molecule has 1 aromatic rings. The number of halogens is 1. The van der Waals surface area contributed by atoms with Gasteiger partial charge in [-0.25, -0.2) is 4.79 Å². The highest BCUT2D eigenvalue weighted by Crippen LogP contribution is 2.23. The van der Waals surface area contributed by atoms with Crippen molar-refractivity contribution in [1.82, 2.24) is 0 Å². The summed E-state index contributed by atoms with van der Waals surface area (Å²) >= 11 is 5.63. The van der Waals surface area contributed by atoms with E-state index in [0.29, 0.717) is 5.56 Å². The molecule has 0 saturated carbocycles. The molecular weight excluding hydrogens is 218 g/mol. The first-order chi connectivity index (χ1) is 7.13. The first kappa shape index (κ1) is 11.3. The summed E-state index contributed by atoms with van der Waals surface area (Å²) in [6.45, 7) is 0. The van der Waals surface area contributed by atoms with Gasteiger partial charge in [-0.3, -0.25) is 0 Å². The smallest absolute Gasteiger partial charge is 0.338 e. The van der Waals surface area contributed by atoms with Crippen LogP contribution in [0, 0.1) is 11.3 Å². The van der Waals surface area contributed by atoms with Gasteiger partial charge in [-0.15, -0.1) is 11.6 Å². The maximum atomic E-state index is 11.3. The van der Waals surface area contributed by atoms with E-state index in [1.54, 1.807) is 0 Å². The van der Waals surface area contributed by atoms with Crippen LogP contribution < -0.4 is 0 Å². The highest BCUT2D eigenvalue weighted by molar-refractivity contribution is 6.18. The van der Waals surface area contributed by atoms with Crippen molar-refractivity contribution in [2.75, 3.05) is 7.11 Å². The lowest BCUT2D eigenvalue weighted by Crippen LogP contribution is -2.06. The zero-order chi connectivity index (χ0) is 11.4. The van der Waals surface area contributed by atoms with Gasteiger partial charge in [0.2, 0.25) is 0 Å². The number of ether oxygens (including phenoxy) is 1. The lowest BCUT2D eigenvalue weighted by Gasteiger charge is -2.07. The minimum Gasteiger partial charge on any atom is -0.508 e.